The molecular weight excluding hydrogens is 334 g/mol. The number of hydrogen-bond donors (Lipinski definition) is 2. The van der Waals surface area contributed by atoms with Crippen LogP contribution in [0.1, 0.15) is 16.2 Å². The Morgan fingerprint density at radius 2 is 2.14 bits per heavy atom. The van der Waals surface area contributed by atoms with Crippen LogP contribution in [0, 0.1) is 6.92 Å². The predicted octanol–water partition coefficient (Wildman–Crippen LogP) is 3.73. The second-order valence-corrected chi connectivity index (χ2v) is 5.37. The van der Waals surface area contributed by atoms with Crippen molar-refractivity contribution in [1.82, 2.24) is 4.98 Å². The van der Waals surface area contributed by atoms with Gasteiger partial charge in [-0.1, -0.05) is 6.07 Å². The maximum Gasteiger partial charge on any atom is 0.256 e. The average Bonchev–Trinajstić information content (AvgIpc) is 2.81. The van der Waals surface area contributed by atoms with E-state index in [-0.39, 0.29) is 5.91 Å². The summed E-state index contributed by atoms with van der Waals surface area (Å²) in [4.78, 5) is 16.5. The van der Waals surface area contributed by atoms with E-state index in [4.69, 9.17) is 10.2 Å². The molecule has 1 aromatic heterocycles. The zero-order chi connectivity index (χ0) is 15.0. The summed E-state index contributed by atoms with van der Waals surface area (Å²) in [7, 11) is 0. The molecule has 2 aromatic carbocycles. The Morgan fingerprint density at radius 3 is 2.95 bits per heavy atom. The van der Waals surface area contributed by atoms with E-state index >= 15 is 0 Å². The zero-order valence-electron chi connectivity index (χ0n) is 11.2. The highest BCUT2D eigenvalue weighted by molar-refractivity contribution is 9.10. The van der Waals surface area contributed by atoms with Gasteiger partial charge in [-0.3, -0.25) is 4.79 Å². The van der Waals surface area contributed by atoms with Gasteiger partial charge in [0.15, 0.2) is 11.5 Å². The molecule has 3 N–H and O–H groups in total. The maximum atomic E-state index is 12.3. The molecule has 0 aliphatic rings. The van der Waals surface area contributed by atoms with Gasteiger partial charge in [-0.05, 0) is 46.3 Å². The number of oxazole rings is 1. The van der Waals surface area contributed by atoms with Crippen molar-refractivity contribution < 1.29 is 9.21 Å². The molecule has 3 rings (SSSR count). The number of carbonyl (C=O) groups is 1. The molecule has 1 amide bonds. The normalized spacial score (nSPS) is 10.8. The monoisotopic (exact) mass is 345 g/mol. The second kappa shape index (κ2) is 5.21. The van der Waals surface area contributed by atoms with Crippen molar-refractivity contribution in [1.29, 1.82) is 0 Å². The van der Waals surface area contributed by atoms with Crippen LogP contribution in [0.25, 0.3) is 11.1 Å². The molecule has 0 spiro atoms. The number of benzene rings is 2. The van der Waals surface area contributed by atoms with Crippen molar-refractivity contribution in [2.24, 2.45) is 0 Å². The molecule has 0 radical (unpaired) electrons. The molecule has 6 heteroatoms. The first-order valence-corrected chi connectivity index (χ1v) is 7.06. The molecule has 0 aliphatic heterocycles. The van der Waals surface area contributed by atoms with Crippen molar-refractivity contribution in [2.45, 2.75) is 6.92 Å². The Morgan fingerprint density at radius 1 is 1.33 bits per heavy atom. The molecule has 106 valence electrons. The minimum atomic E-state index is -0.242. The number of fused-ring (bicyclic) bond motifs is 1. The standard InChI is InChI=1S/C15H12BrN3O2/c1-8-18-12-7-9(5-6-13(12)21-8)19-15(20)10-3-2-4-11(17)14(10)16/h2-7H,17H2,1H3,(H,19,20). The van der Waals surface area contributed by atoms with Crippen LogP contribution in [-0.2, 0) is 0 Å². The van der Waals surface area contributed by atoms with E-state index in [0.29, 0.717) is 38.4 Å². The largest absolute Gasteiger partial charge is 0.441 e. The van der Waals surface area contributed by atoms with E-state index in [9.17, 15) is 4.79 Å². The van der Waals surface area contributed by atoms with E-state index < -0.39 is 0 Å². The van der Waals surface area contributed by atoms with Crippen molar-refractivity contribution in [2.75, 3.05) is 11.1 Å². The number of halogens is 1. The summed E-state index contributed by atoms with van der Waals surface area (Å²) in [6, 6.07) is 10.5. The van der Waals surface area contributed by atoms with Crippen molar-refractivity contribution >= 4 is 44.3 Å². The summed E-state index contributed by atoms with van der Waals surface area (Å²) in [5.74, 6) is 0.348. The Balaban J connectivity index is 1.90. The van der Waals surface area contributed by atoms with Crippen LogP contribution in [-0.4, -0.2) is 10.9 Å². The molecule has 21 heavy (non-hydrogen) atoms. The van der Waals surface area contributed by atoms with Gasteiger partial charge in [-0.2, -0.15) is 0 Å². The van der Waals surface area contributed by atoms with Crippen LogP contribution in [0.5, 0.6) is 0 Å². The lowest BCUT2D eigenvalue weighted by Gasteiger charge is -2.08. The first-order chi connectivity index (χ1) is 10.0. The quantitative estimate of drug-likeness (QED) is 0.693. The summed E-state index contributed by atoms with van der Waals surface area (Å²) in [5, 5.41) is 2.82. The van der Waals surface area contributed by atoms with Crippen LogP contribution in [0.2, 0.25) is 0 Å². The number of nitrogen functional groups attached to an aromatic ring is 1. The first-order valence-electron chi connectivity index (χ1n) is 6.27. The van der Waals surface area contributed by atoms with Gasteiger partial charge < -0.3 is 15.5 Å². The van der Waals surface area contributed by atoms with Gasteiger partial charge in [-0.15, -0.1) is 0 Å². The second-order valence-electron chi connectivity index (χ2n) is 4.58. The predicted molar refractivity (Wildman–Crippen MR) is 85.3 cm³/mol. The maximum absolute atomic E-state index is 12.3. The van der Waals surface area contributed by atoms with Crippen LogP contribution < -0.4 is 11.1 Å². The van der Waals surface area contributed by atoms with Crippen molar-refractivity contribution in [3.8, 4) is 0 Å². The minimum absolute atomic E-state index is 0.242. The molecule has 0 bridgehead atoms. The van der Waals surface area contributed by atoms with E-state index in [2.05, 4.69) is 26.2 Å². The lowest BCUT2D eigenvalue weighted by Crippen LogP contribution is -2.13. The van der Waals surface area contributed by atoms with Crippen LogP contribution in [0.15, 0.2) is 45.3 Å². The number of amides is 1. The number of aryl methyl sites for hydroxylation is 1. The topological polar surface area (TPSA) is 81.2 Å². The molecule has 0 saturated heterocycles. The van der Waals surface area contributed by atoms with Crippen LogP contribution in [0.3, 0.4) is 0 Å². The SMILES string of the molecule is Cc1nc2cc(NC(=O)c3cccc(N)c3Br)ccc2o1. The Hall–Kier alpha value is -2.34. The van der Waals surface area contributed by atoms with Crippen molar-refractivity contribution in [3.05, 3.63) is 52.3 Å². The van der Waals surface area contributed by atoms with Gasteiger partial charge in [0.1, 0.15) is 5.52 Å². The number of aromatic nitrogens is 1. The highest BCUT2D eigenvalue weighted by Gasteiger charge is 2.12. The number of nitrogens with two attached hydrogens (primary N) is 1. The van der Waals surface area contributed by atoms with Gasteiger partial charge in [-0.25, -0.2) is 4.98 Å². The highest BCUT2D eigenvalue weighted by atomic mass is 79.9. The molecule has 3 aromatic rings. The number of carbonyl (C=O) groups excluding carboxylic acids is 1. The van der Waals surface area contributed by atoms with E-state index in [1.165, 1.54) is 0 Å². The fraction of sp³-hybridized carbons (Fsp3) is 0.0667. The average molecular weight is 346 g/mol. The summed E-state index contributed by atoms with van der Waals surface area (Å²) >= 11 is 3.32. The van der Waals surface area contributed by atoms with Crippen LogP contribution in [0.4, 0.5) is 11.4 Å². The molecular formula is C15H12BrN3O2. The molecule has 0 fully saturated rings. The summed E-state index contributed by atoms with van der Waals surface area (Å²) in [6.07, 6.45) is 0. The fourth-order valence-electron chi connectivity index (χ4n) is 2.04. The number of nitrogens with one attached hydrogen (secondary N) is 1. The number of hydrogen-bond acceptors (Lipinski definition) is 4. The third-order valence-corrected chi connectivity index (χ3v) is 3.91. The van der Waals surface area contributed by atoms with E-state index in [1.54, 1.807) is 43.3 Å². The summed E-state index contributed by atoms with van der Waals surface area (Å²) < 4.78 is 5.98. The Kier molecular flexibility index (Phi) is 3.39. The number of anilines is 2. The molecule has 1 heterocycles. The first kappa shape index (κ1) is 13.6. The summed E-state index contributed by atoms with van der Waals surface area (Å²) in [6.45, 7) is 1.78. The molecule has 0 unspecified atom stereocenters. The van der Waals surface area contributed by atoms with Gasteiger partial charge in [0, 0.05) is 18.3 Å². The third-order valence-electron chi connectivity index (χ3n) is 3.03. The molecule has 5 nitrogen and oxygen atoms in total. The Bertz CT molecular complexity index is 842. The molecule has 0 saturated carbocycles. The van der Waals surface area contributed by atoms with Crippen molar-refractivity contribution in [3.63, 3.8) is 0 Å². The van der Waals surface area contributed by atoms with Gasteiger partial charge in [0.25, 0.3) is 5.91 Å². The van der Waals surface area contributed by atoms with E-state index in [1.807, 2.05) is 0 Å². The zero-order valence-corrected chi connectivity index (χ0v) is 12.8. The lowest BCUT2D eigenvalue weighted by molar-refractivity contribution is 0.102. The smallest absolute Gasteiger partial charge is 0.256 e. The Labute approximate surface area is 129 Å². The lowest BCUT2D eigenvalue weighted by atomic mass is 10.2. The number of rotatable bonds is 2. The highest BCUT2D eigenvalue weighted by Crippen LogP contribution is 2.25. The molecule has 0 atom stereocenters. The summed E-state index contributed by atoms with van der Waals surface area (Å²) in [5.41, 5.74) is 8.82. The van der Waals surface area contributed by atoms with E-state index in [0.717, 1.165) is 0 Å². The van der Waals surface area contributed by atoms with Crippen LogP contribution >= 0.6 is 15.9 Å². The third kappa shape index (κ3) is 2.62. The fourth-order valence-corrected chi connectivity index (χ4v) is 2.49. The van der Waals surface area contributed by atoms with Gasteiger partial charge in [0.2, 0.25) is 0 Å². The number of nitrogens with zero attached hydrogens (tertiary/aromatic N) is 1. The minimum Gasteiger partial charge on any atom is -0.441 e. The molecule has 0 aliphatic carbocycles. The van der Waals surface area contributed by atoms with Gasteiger partial charge >= 0.3 is 0 Å². The van der Waals surface area contributed by atoms with Gasteiger partial charge in [0.05, 0.1) is 10.0 Å².